The Morgan fingerprint density at radius 3 is 2.71 bits per heavy atom. The van der Waals surface area contributed by atoms with Gasteiger partial charge in [0.05, 0.1) is 35.4 Å². The van der Waals surface area contributed by atoms with Crippen molar-refractivity contribution < 1.29 is 23.5 Å². The molecule has 1 unspecified atom stereocenters. The fraction of sp³-hybridized carbons (Fsp3) is 0.391. The standard InChI is InChI=1S/C23H25FN6O4S/c1-15(31)26-12-17-13-30(22(33)34-17)16-4-5-19(18(24)11-16)29-8-6-23(14-25,7-9-29)28-27-21(32)20-3-2-10-35-20/h2-5,10-11,17,28H,6-9,12-13H2,1H3,(H,26,31)(H,27,32). The minimum Gasteiger partial charge on any atom is -0.442 e. The van der Waals surface area contributed by atoms with Crippen molar-refractivity contribution >= 4 is 40.6 Å². The fourth-order valence-electron chi connectivity index (χ4n) is 4.06. The number of halogens is 1. The number of hydrogen-bond acceptors (Lipinski definition) is 8. The Morgan fingerprint density at radius 2 is 2.09 bits per heavy atom. The Morgan fingerprint density at radius 1 is 1.31 bits per heavy atom. The number of cyclic esters (lactones) is 1. The number of hydrazine groups is 1. The van der Waals surface area contributed by atoms with Gasteiger partial charge in [0, 0.05) is 20.0 Å². The minimum absolute atomic E-state index is 0.189. The number of carbonyl (C=O) groups excluding carboxylic acids is 3. The fourth-order valence-corrected chi connectivity index (χ4v) is 4.68. The first-order valence-corrected chi connectivity index (χ1v) is 12.0. The predicted molar refractivity (Wildman–Crippen MR) is 127 cm³/mol. The summed E-state index contributed by atoms with van der Waals surface area (Å²) in [6.07, 6.45) is -0.361. The predicted octanol–water partition coefficient (Wildman–Crippen LogP) is 2.15. The lowest BCUT2D eigenvalue weighted by Crippen LogP contribution is -2.58. The van der Waals surface area contributed by atoms with Crippen molar-refractivity contribution in [1.29, 1.82) is 5.26 Å². The summed E-state index contributed by atoms with van der Waals surface area (Å²) in [4.78, 5) is 39.2. The highest BCUT2D eigenvalue weighted by molar-refractivity contribution is 7.12. The molecule has 0 aliphatic carbocycles. The summed E-state index contributed by atoms with van der Waals surface area (Å²) in [5.74, 6) is -1.03. The Bertz CT molecular complexity index is 1140. The second kappa shape index (κ2) is 10.3. The van der Waals surface area contributed by atoms with Crippen molar-refractivity contribution in [2.45, 2.75) is 31.4 Å². The number of hydrogen-bond donors (Lipinski definition) is 3. The molecule has 2 saturated heterocycles. The number of nitrogens with one attached hydrogen (secondary N) is 3. The van der Waals surface area contributed by atoms with Crippen molar-refractivity contribution in [3.8, 4) is 6.07 Å². The van der Waals surface area contributed by atoms with Gasteiger partial charge in [-0.2, -0.15) is 5.26 Å². The van der Waals surface area contributed by atoms with Crippen LogP contribution in [-0.4, -0.2) is 55.7 Å². The van der Waals surface area contributed by atoms with Crippen molar-refractivity contribution in [2.24, 2.45) is 0 Å². The Kier molecular flexibility index (Phi) is 7.18. The molecule has 35 heavy (non-hydrogen) atoms. The lowest BCUT2D eigenvalue weighted by Gasteiger charge is -2.39. The molecule has 2 aromatic rings. The average Bonchev–Trinajstić information content (AvgIpc) is 3.52. The van der Waals surface area contributed by atoms with E-state index in [1.54, 1.807) is 29.6 Å². The van der Waals surface area contributed by atoms with Gasteiger partial charge in [0.25, 0.3) is 5.91 Å². The maximum absolute atomic E-state index is 15.0. The zero-order valence-corrected chi connectivity index (χ0v) is 19.9. The molecule has 1 aromatic carbocycles. The second-order valence-electron chi connectivity index (χ2n) is 8.43. The highest BCUT2D eigenvalue weighted by atomic mass is 32.1. The van der Waals surface area contributed by atoms with Crippen LogP contribution in [0.4, 0.5) is 20.6 Å². The van der Waals surface area contributed by atoms with Crippen molar-refractivity contribution in [2.75, 3.05) is 36.0 Å². The molecule has 184 valence electrons. The summed E-state index contributed by atoms with van der Waals surface area (Å²) in [6, 6.07) is 10.2. The Balaban J connectivity index is 1.36. The summed E-state index contributed by atoms with van der Waals surface area (Å²) in [7, 11) is 0. The average molecular weight is 501 g/mol. The molecule has 2 fully saturated rings. The third kappa shape index (κ3) is 5.52. The molecule has 3 N–H and O–H groups in total. The molecule has 4 rings (SSSR count). The molecule has 0 radical (unpaired) electrons. The highest BCUT2D eigenvalue weighted by Crippen LogP contribution is 2.31. The normalized spacial score (nSPS) is 19.1. The first kappa shape index (κ1) is 24.4. The molecule has 3 amide bonds. The Hall–Kier alpha value is -3.69. The molecule has 2 aliphatic heterocycles. The number of nitriles is 1. The smallest absolute Gasteiger partial charge is 0.414 e. The number of thiophene rings is 1. The van der Waals surface area contributed by atoms with Gasteiger partial charge in [-0.05, 0) is 42.5 Å². The second-order valence-corrected chi connectivity index (χ2v) is 9.37. The van der Waals surface area contributed by atoms with Gasteiger partial charge < -0.3 is 15.0 Å². The van der Waals surface area contributed by atoms with Crippen LogP contribution in [0.5, 0.6) is 0 Å². The van der Waals surface area contributed by atoms with Crippen LogP contribution < -0.4 is 26.0 Å². The lowest BCUT2D eigenvalue weighted by molar-refractivity contribution is -0.119. The molecule has 1 atom stereocenters. The molecule has 2 aliphatic rings. The number of benzene rings is 1. The van der Waals surface area contributed by atoms with Crippen LogP contribution in [0.3, 0.4) is 0 Å². The van der Waals surface area contributed by atoms with E-state index in [1.165, 1.54) is 29.2 Å². The van der Waals surface area contributed by atoms with E-state index < -0.39 is 23.6 Å². The zero-order valence-electron chi connectivity index (χ0n) is 19.0. The third-order valence-corrected chi connectivity index (χ3v) is 6.90. The number of anilines is 2. The van der Waals surface area contributed by atoms with E-state index in [-0.39, 0.29) is 24.9 Å². The molecule has 0 saturated carbocycles. The van der Waals surface area contributed by atoms with Gasteiger partial charge in [0.2, 0.25) is 5.91 Å². The first-order valence-electron chi connectivity index (χ1n) is 11.1. The molecule has 0 bridgehead atoms. The summed E-state index contributed by atoms with van der Waals surface area (Å²) in [5, 5.41) is 14.1. The number of ether oxygens (including phenoxy) is 1. The number of amides is 3. The van der Waals surface area contributed by atoms with Crippen LogP contribution in [0, 0.1) is 17.1 Å². The third-order valence-electron chi connectivity index (χ3n) is 6.03. The summed E-state index contributed by atoms with van der Waals surface area (Å²) < 4.78 is 20.3. The molecule has 1 aromatic heterocycles. The number of carbonyl (C=O) groups is 3. The van der Waals surface area contributed by atoms with E-state index in [1.807, 2.05) is 4.90 Å². The van der Waals surface area contributed by atoms with Gasteiger partial charge in [0.15, 0.2) is 0 Å². The minimum atomic E-state index is -0.956. The van der Waals surface area contributed by atoms with E-state index in [0.29, 0.717) is 42.2 Å². The van der Waals surface area contributed by atoms with E-state index in [2.05, 4.69) is 22.2 Å². The highest BCUT2D eigenvalue weighted by Gasteiger charge is 2.37. The van der Waals surface area contributed by atoms with Gasteiger partial charge in [-0.3, -0.25) is 19.9 Å². The number of nitrogens with zero attached hydrogens (tertiary/aromatic N) is 3. The molecule has 3 heterocycles. The number of piperidine rings is 1. The van der Waals surface area contributed by atoms with E-state index >= 15 is 4.39 Å². The quantitative estimate of drug-likeness (QED) is 0.497. The van der Waals surface area contributed by atoms with Crippen molar-refractivity contribution in [3.05, 3.63) is 46.4 Å². The van der Waals surface area contributed by atoms with Crippen LogP contribution in [0.1, 0.15) is 29.4 Å². The van der Waals surface area contributed by atoms with Gasteiger partial charge in [-0.25, -0.2) is 14.6 Å². The maximum atomic E-state index is 15.0. The van der Waals surface area contributed by atoms with Crippen molar-refractivity contribution in [1.82, 2.24) is 16.2 Å². The van der Waals surface area contributed by atoms with E-state index in [0.717, 1.165) is 0 Å². The summed E-state index contributed by atoms with van der Waals surface area (Å²) >= 11 is 1.30. The number of rotatable bonds is 7. The van der Waals surface area contributed by atoms with Crippen LogP contribution in [0.25, 0.3) is 0 Å². The van der Waals surface area contributed by atoms with Gasteiger partial charge in [-0.15, -0.1) is 11.3 Å². The van der Waals surface area contributed by atoms with Crippen LogP contribution in [0.2, 0.25) is 0 Å². The molecule has 0 spiro atoms. The topological polar surface area (TPSA) is 127 Å². The Labute approximate surface area is 205 Å². The molecular weight excluding hydrogens is 475 g/mol. The van der Waals surface area contributed by atoms with Crippen LogP contribution >= 0.6 is 11.3 Å². The summed E-state index contributed by atoms with van der Waals surface area (Å²) in [5.41, 5.74) is 5.25. The molecule has 12 heteroatoms. The van der Waals surface area contributed by atoms with E-state index in [9.17, 15) is 19.6 Å². The SMILES string of the molecule is CC(=O)NCC1CN(c2ccc(N3CCC(C#N)(NNC(=O)c4cccs4)CC3)c(F)c2)C(=O)O1. The lowest BCUT2D eigenvalue weighted by atomic mass is 9.89. The maximum Gasteiger partial charge on any atom is 0.414 e. The molecular formula is C23H25FN6O4S. The zero-order chi connectivity index (χ0) is 25.0. The van der Waals surface area contributed by atoms with Gasteiger partial charge in [0.1, 0.15) is 17.5 Å². The van der Waals surface area contributed by atoms with Crippen LogP contribution in [0.15, 0.2) is 35.7 Å². The summed E-state index contributed by atoms with van der Waals surface area (Å²) in [6.45, 7) is 2.57. The van der Waals surface area contributed by atoms with Gasteiger partial charge >= 0.3 is 6.09 Å². The van der Waals surface area contributed by atoms with E-state index in [4.69, 9.17) is 4.74 Å². The first-order chi connectivity index (χ1) is 16.8. The largest absolute Gasteiger partial charge is 0.442 e. The van der Waals surface area contributed by atoms with Crippen molar-refractivity contribution in [3.63, 3.8) is 0 Å². The monoisotopic (exact) mass is 500 g/mol. The van der Waals surface area contributed by atoms with Crippen LogP contribution in [-0.2, 0) is 9.53 Å². The molecule has 10 nitrogen and oxygen atoms in total. The van der Waals surface area contributed by atoms with Gasteiger partial charge in [-0.1, -0.05) is 6.07 Å².